The smallest absolute Gasteiger partial charge is 0.145 e. The first-order valence-corrected chi connectivity index (χ1v) is 9.56. The van der Waals surface area contributed by atoms with Gasteiger partial charge in [-0.15, -0.1) is 6.58 Å². The van der Waals surface area contributed by atoms with Crippen LogP contribution in [0.25, 0.3) is 0 Å². The number of rotatable bonds is 2. The van der Waals surface area contributed by atoms with Crippen molar-refractivity contribution in [1.29, 1.82) is 0 Å². The van der Waals surface area contributed by atoms with E-state index in [0.29, 0.717) is 12.3 Å². The lowest BCUT2D eigenvalue weighted by atomic mass is 9.44. The molecule has 136 valence electrons. The Morgan fingerprint density at radius 1 is 1.25 bits per heavy atom. The Morgan fingerprint density at radius 2 is 1.88 bits per heavy atom. The van der Waals surface area contributed by atoms with E-state index in [0.717, 1.165) is 25.7 Å². The number of aliphatic hydroxyl groups is 1. The lowest BCUT2D eigenvalue weighted by molar-refractivity contribution is -0.188. The molecule has 3 rings (SSSR count). The van der Waals surface area contributed by atoms with E-state index in [2.05, 4.69) is 27.4 Å². The quantitative estimate of drug-likeness (QED) is 0.777. The first kappa shape index (κ1) is 18.1. The van der Waals surface area contributed by atoms with Crippen molar-refractivity contribution in [3.8, 4) is 0 Å². The molecule has 0 aliphatic heterocycles. The maximum absolute atomic E-state index is 13.4. The minimum absolute atomic E-state index is 0.00928. The van der Waals surface area contributed by atoms with Crippen LogP contribution in [0.4, 0.5) is 0 Å². The van der Waals surface area contributed by atoms with Gasteiger partial charge in [-0.1, -0.05) is 26.8 Å². The topological polar surface area (TPSA) is 46.5 Å². The standard InChI is InChI=1S/C21H34O3/c1-7-19(4)12-16(22)20(5)13(2)8-10-21(14(3)18(19)23)11-9-15(24-6)17(20)21/h7,13-17,22H,1,8-12H2,2-6H3/t13-,14+,15?,16-,17?,19-,20+,21?/m1/s1. The number of methoxy groups -OCH3 is 1. The second-order valence-electron chi connectivity index (χ2n) is 9.26. The molecule has 0 saturated heterocycles. The number of carbonyl (C=O) groups is 1. The van der Waals surface area contributed by atoms with Gasteiger partial charge in [0.1, 0.15) is 5.78 Å². The average Bonchev–Trinajstić information content (AvgIpc) is 2.96. The van der Waals surface area contributed by atoms with E-state index in [1.54, 1.807) is 13.2 Å². The number of ether oxygens (including phenoxy) is 1. The molecule has 0 spiro atoms. The van der Waals surface area contributed by atoms with Crippen LogP contribution >= 0.6 is 0 Å². The SMILES string of the molecule is C=C[C@]1(C)C[C@@H](O)[C@@]2(C)C3C(OC)CCC3(CC[C@H]2C)[C@@H](C)C1=O. The minimum atomic E-state index is -0.639. The van der Waals surface area contributed by atoms with Crippen molar-refractivity contribution in [2.24, 2.45) is 34.0 Å². The number of carbonyl (C=O) groups excluding carboxylic acids is 1. The summed E-state index contributed by atoms with van der Waals surface area (Å²) in [7, 11) is 1.79. The Balaban J connectivity index is 2.21. The molecular formula is C21H34O3. The fourth-order valence-electron chi connectivity index (χ4n) is 6.66. The fraction of sp³-hybridized carbons (Fsp3) is 0.857. The predicted octanol–water partition coefficient (Wildman–Crippen LogP) is 4.00. The van der Waals surface area contributed by atoms with Gasteiger partial charge < -0.3 is 9.84 Å². The Morgan fingerprint density at radius 3 is 2.46 bits per heavy atom. The monoisotopic (exact) mass is 334 g/mol. The second-order valence-corrected chi connectivity index (χ2v) is 9.26. The largest absolute Gasteiger partial charge is 0.392 e. The van der Waals surface area contributed by atoms with Crippen LogP contribution in [0.3, 0.4) is 0 Å². The first-order chi connectivity index (χ1) is 11.2. The highest BCUT2D eigenvalue weighted by Gasteiger charge is 2.67. The van der Waals surface area contributed by atoms with Crippen molar-refractivity contribution >= 4 is 5.78 Å². The average molecular weight is 334 g/mol. The van der Waals surface area contributed by atoms with Crippen LogP contribution in [0.1, 0.15) is 59.8 Å². The molecule has 3 fully saturated rings. The molecular weight excluding hydrogens is 300 g/mol. The molecule has 3 unspecified atom stereocenters. The van der Waals surface area contributed by atoms with Gasteiger partial charge in [0.15, 0.2) is 0 Å². The molecule has 0 heterocycles. The lowest BCUT2D eigenvalue weighted by Gasteiger charge is -2.61. The number of Topliss-reactive ketones (excluding diaryl/α,β-unsaturated/α-hetero) is 1. The van der Waals surface area contributed by atoms with Crippen LogP contribution in [0.5, 0.6) is 0 Å². The molecule has 3 aliphatic rings. The molecule has 3 aliphatic carbocycles. The summed E-state index contributed by atoms with van der Waals surface area (Å²) in [6.07, 6.45) is 6.08. The predicted molar refractivity (Wildman–Crippen MR) is 95.6 cm³/mol. The van der Waals surface area contributed by atoms with Gasteiger partial charge in [-0.3, -0.25) is 4.79 Å². The number of hydrogen-bond acceptors (Lipinski definition) is 3. The number of allylic oxidation sites excluding steroid dienone is 1. The Hall–Kier alpha value is -0.670. The van der Waals surface area contributed by atoms with Crippen molar-refractivity contribution in [2.45, 2.75) is 72.0 Å². The molecule has 1 N–H and O–H groups in total. The van der Waals surface area contributed by atoms with Crippen LogP contribution in [0.15, 0.2) is 12.7 Å². The zero-order valence-electron chi connectivity index (χ0n) is 16.0. The third-order valence-corrected chi connectivity index (χ3v) is 8.57. The highest BCUT2D eigenvalue weighted by molar-refractivity contribution is 5.89. The van der Waals surface area contributed by atoms with Crippen molar-refractivity contribution in [1.82, 2.24) is 0 Å². The first-order valence-electron chi connectivity index (χ1n) is 9.56. The van der Waals surface area contributed by atoms with Gasteiger partial charge in [0.2, 0.25) is 0 Å². The molecule has 0 amide bonds. The highest BCUT2D eigenvalue weighted by atomic mass is 16.5. The molecule has 3 heteroatoms. The van der Waals surface area contributed by atoms with Crippen LogP contribution in [-0.2, 0) is 9.53 Å². The maximum Gasteiger partial charge on any atom is 0.145 e. The van der Waals surface area contributed by atoms with Gasteiger partial charge >= 0.3 is 0 Å². The van der Waals surface area contributed by atoms with E-state index in [-0.39, 0.29) is 34.6 Å². The summed E-state index contributed by atoms with van der Waals surface area (Å²) in [5.74, 6) is 0.929. The third-order valence-electron chi connectivity index (χ3n) is 8.57. The summed E-state index contributed by atoms with van der Waals surface area (Å²) in [4.78, 5) is 13.4. The summed E-state index contributed by atoms with van der Waals surface area (Å²) in [5.41, 5.74) is -0.889. The van der Waals surface area contributed by atoms with E-state index in [1.807, 2.05) is 6.92 Å². The number of aliphatic hydroxyl groups excluding tert-OH is 1. The van der Waals surface area contributed by atoms with Crippen LogP contribution in [0, 0.1) is 34.0 Å². The highest BCUT2D eigenvalue weighted by Crippen LogP contribution is 2.68. The van der Waals surface area contributed by atoms with Crippen molar-refractivity contribution in [3.05, 3.63) is 12.7 Å². The Kier molecular flexibility index (Phi) is 4.28. The number of ketones is 1. The van der Waals surface area contributed by atoms with Gasteiger partial charge in [-0.2, -0.15) is 0 Å². The zero-order chi connectivity index (χ0) is 17.9. The molecule has 24 heavy (non-hydrogen) atoms. The van der Waals surface area contributed by atoms with Crippen LogP contribution in [-0.4, -0.2) is 30.2 Å². The van der Waals surface area contributed by atoms with Gasteiger partial charge in [0.05, 0.1) is 12.2 Å². The van der Waals surface area contributed by atoms with Crippen LogP contribution < -0.4 is 0 Å². The summed E-state index contributed by atoms with van der Waals surface area (Å²) in [6.45, 7) is 12.6. The molecule has 3 saturated carbocycles. The molecule has 0 aromatic heterocycles. The van der Waals surface area contributed by atoms with Gasteiger partial charge in [0.25, 0.3) is 0 Å². The molecule has 3 nitrogen and oxygen atoms in total. The Labute approximate surface area is 146 Å². The van der Waals surface area contributed by atoms with Gasteiger partial charge in [0, 0.05) is 23.9 Å². The van der Waals surface area contributed by atoms with E-state index in [9.17, 15) is 9.90 Å². The fourth-order valence-corrected chi connectivity index (χ4v) is 6.66. The van der Waals surface area contributed by atoms with E-state index >= 15 is 0 Å². The van der Waals surface area contributed by atoms with Crippen molar-refractivity contribution in [2.75, 3.05) is 7.11 Å². The van der Waals surface area contributed by atoms with Crippen molar-refractivity contribution in [3.63, 3.8) is 0 Å². The normalized spacial score (nSPS) is 54.8. The summed E-state index contributed by atoms with van der Waals surface area (Å²) in [5, 5.41) is 11.3. The molecule has 2 bridgehead atoms. The lowest BCUT2D eigenvalue weighted by Crippen LogP contribution is -2.62. The molecule has 8 atom stereocenters. The molecule has 0 radical (unpaired) electrons. The summed E-state index contributed by atoms with van der Waals surface area (Å²) >= 11 is 0. The van der Waals surface area contributed by atoms with Crippen molar-refractivity contribution < 1.29 is 14.6 Å². The van der Waals surface area contributed by atoms with E-state index in [4.69, 9.17) is 4.74 Å². The molecule has 0 aromatic rings. The van der Waals surface area contributed by atoms with E-state index < -0.39 is 11.5 Å². The van der Waals surface area contributed by atoms with E-state index in [1.165, 1.54) is 0 Å². The zero-order valence-corrected chi connectivity index (χ0v) is 16.0. The maximum atomic E-state index is 13.4. The minimum Gasteiger partial charge on any atom is -0.392 e. The Bertz CT molecular complexity index is 543. The summed E-state index contributed by atoms with van der Waals surface area (Å²) in [6, 6.07) is 0. The number of hydrogen-bond donors (Lipinski definition) is 1. The second kappa shape index (κ2) is 5.67. The van der Waals surface area contributed by atoms with Crippen LogP contribution in [0.2, 0.25) is 0 Å². The summed E-state index contributed by atoms with van der Waals surface area (Å²) < 4.78 is 5.89. The molecule has 0 aromatic carbocycles. The third kappa shape index (κ3) is 2.07. The van der Waals surface area contributed by atoms with Gasteiger partial charge in [-0.05, 0) is 56.3 Å². The van der Waals surface area contributed by atoms with Gasteiger partial charge in [-0.25, -0.2) is 0 Å².